The van der Waals surface area contributed by atoms with Gasteiger partial charge in [-0.25, -0.2) is 14.0 Å². The molecule has 0 bridgehead atoms. The van der Waals surface area contributed by atoms with Crippen molar-refractivity contribution in [1.29, 1.82) is 0 Å². The van der Waals surface area contributed by atoms with Crippen LogP contribution in [0, 0.1) is 12.7 Å². The summed E-state index contributed by atoms with van der Waals surface area (Å²) in [6.07, 6.45) is 2.92. The van der Waals surface area contributed by atoms with Gasteiger partial charge in [0.2, 0.25) is 0 Å². The van der Waals surface area contributed by atoms with Crippen molar-refractivity contribution in [2.75, 3.05) is 50.5 Å². The Bertz CT molecular complexity index is 899. The molecule has 3 rings (SSSR count). The number of piperazine rings is 1. The van der Waals surface area contributed by atoms with Gasteiger partial charge in [-0.2, -0.15) is 0 Å². The lowest BCUT2D eigenvalue weighted by molar-refractivity contribution is 0.0907. The molecule has 31 heavy (non-hydrogen) atoms. The monoisotopic (exact) mass is 429 g/mol. The first-order chi connectivity index (χ1) is 14.9. The molecule has 1 aliphatic heterocycles. The third-order valence-corrected chi connectivity index (χ3v) is 5.19. The van der Waals surface area contributed by atoms with Gasteiger partial charge >= 0.3 is 12.1 Å². The van der Waals surface area contributed by atoms with Crippen LogP contribution in [0.1, 0.15) is 17.7 Å². The number of aryl methyl sites for hydroxylation is 2. The van der Waals surface area contributed by atoms with E-state index in [9.17, 15) is 14.0 Å². The molecule has 1 aliphatic rings. The first-order valence-corrected chi connectivity index (χ1v) is 10.3. The highest BCUT2D eigenvalue weighted by atomic mass is 19.1. The van der Waals surface area contributed by atoms with Gasteiger partial charge < -0.3 is 20.3 Å². The van der Waals surface area contributed by atoms with Crippen molar-refractivity contribution in [2.45, 2.75) is 19.8 Å². The minimum Gasteiger partial charge on any atom is -0.453 e. The quantitative estimate of drug-likeness (QED) is 0.734. The van der Waals surface area contributed by atoms with Crippen LogP contribution in [0.25, 0.3) is 0 Å². The van der Waals surface area contributed by atoms with Crippen LogP contribution in [0.5, 0.6) is 0 Å². The molecule has 1 aromatic carbocycles. The van der Waals surface area contributed by atoms with Crippen LogP contribution >= 0.6 is 0 Å². The summed E-state index contributed by atoms with van der Waals surface area (Å²) < 4.78 is 18.9. The number of hydrogen-bond donors (Lipinski definition) is 2. The number of methoxy groups -OCH3 is 1. The Morgan fingerprint density at radius 3 is 2.58 bits per heavy atom. The summed E-state index contributed by atoms with van der Waals surface area (Å²) in [5.74, 6) is -0.486. The molecule has 1 fully saturated rings. The van der Waals surface area contributed by atoms with Gasteiger partial charge in [0, 0.05) is 31.9 Å². The second-order valence-corrected chi connectivity index (χ2v) is 7.48. The third-order valence-electron chi connectivity index (χ3n) is 5.19. The highest BCUT2D eigenvalue weighted by Gasteiger charge is 2.21. The first-order valence-electron chi connectivity index (χ1n) is 10.3. The Hall–Kier alpha value is -3.20. The summed E-state index contributed by atoms with van der Waals surface area (Å²) in [5.41, 5.74) is 2.46. The molecule has 0 radical (unpaired) electrons. The zero-order valence-electron chi connectivity index (χ0n) is 17.9. The van der Waals surface area contributed by atoms with Gasteiger partial charge in [0.1, 0.15) is 5.82 Å². The van der Waals surface area contributed by atoms with E-state index in [-0.39, 0.29) is 11.8 Å². The number of hydrogen-bond acceptors (Lipinski definition) is 5. The highest BCUT2D eigenvalue weighted by molar-refractivity contribution is 5.99. The maximum Gasteiger partial charge on any atom is 0.409 e. The molecule has 0 unspecified atom stereocenters. The van der Waals surface area contributed by atoms with Gasteiger partial charge in [0.25, 0.3) is 0 Å². The second-order valence-electron chi connectivity index (χ2n) is 7.48. The maximum absolute atomic E-state index is 14.2. The predicted molar refractivity (Wildman–Crippen MR) is 117 cm³/mol. The summed E-state index contributed by atoms with van der Waals surface area (Å²) in [6.45, 7) is 5.66. The van der Waals surface area contributed by atoms with E-state index in [0.29, 0.717) is 18.8 Å². The van der Waals surface area contributed by atoms with Crippen molar-refractivity contribution < 1.29 is 18.7 Å². The Morgan fingerprint density at radius 2 is 1.90 bits per heavy atom. The van der Waals surface area contributed by atoms with Crippen molar-refractivity contribution in [3.63, 3.8) is 0 Å². The maximum atomic E-state index is 14.2. The van der Waals surface area contributed by atoms with Crippen LogP contribution in [0.15, 0.2) is 36.5 Å². The highest BCUT2D eigenvalue weighted by Crippen LogP contribution is 2.18. The van der Waals surface area contributed by atoms with E-state index >= 15 is 0 Å². The molecule has 0 saturated carbocycles. The number of halogens is 1. The first kappa shape index (κ1) is 22.5. The predicted octanol–water partition coefficient (Wildman–Crippen LogP) is 3.49. The number of carbonyl (C=O) groups is 2. The number of anilines is 2. The minimum absolute atomic E-state index is 0.141. The summed E-state index contributed by atoms with van der Waals surface area (Å²) in [7, 11) is 1.39. The molecular formula is C22H28FN5O3. The van der Waals surface area contributed by atoms with Gasteiger partial charge in [0.15, 0.2) is 0 Å². The Kier molecular flexibility index (Phi) is 7.77. The van der Waals surface area contributed by atoms with Crippen molar-refractivity contribution in [2.24, 2.45) is 0 Å². The molecule has 2 N–H and O–H groups in total. The summed E-state index contributed by atoms with van der Waals surface area (Å²) in [4.78, 5) is 31.8. The van der Waals surface area contributed by atoms with Crippen LogP contribution in [0.2, 0.25) is 0 Å². The molecule has 3 amide bonds. The number of benzene rings is 1. The normalized spacial score (nSPS) is 14.2. The van der Waals surface area contributed by atoms with Crippen LogP contribution < -0.4 is 10.6 Å². The number of urea groups is 1. The number of rotatable bonds is 6. The van der Waals surface area contributed by atoms with Crippen molar-refractivity contribution >= 4 is 23.5 Å². The molecule has 166 valence electrons. The number of aromatic nitrogens is 1. The summed E-state index contributed by atoms with van der Waals surface area (Å²) in [5, 5.41) is 5.21. The average Bonchev–Trinajstić information content (AvgIpc) is 2.77. The third kappa shape index (κ3) is 6.65. The molecule has 2 heterocycles. The molecule has 1 saturated heterocycles. The number of nitrogens with one attached hydrogen (secondary N) is 2. The standard InChI is InChI=1S/C22H28FN5O3/c1-16-5-7-18(15-24-16)25-21(29)26-20-14-17(6-8-19(20)23)4-3-9-27-10-12-28(13-11-27)22(30)31-2/h5-8,14-15H,3-4,9-13H2,1-2H3,(H2,25,26,29). The lowest BCUT2D eigenvalue weighted by atomic mass is 10.1. The molecular weight excluding hydrogens is 401 g/mol. The van der Waals surface area contributed by atoms with E-state index in [4.69, 9.17) is 4.74 Å². The fraction of sp³-hybridized carbons (Fsp3) is 0.409. The lowest BCUT2D eigenvalue weighted by Crippen LogP contribution is -2.48. The van der Waals surface area contributed by atoms with E-state index < -0.39 is 11.8 Å². The molecule has 2 aromatic rings. The summed E-state index contributed by atoms with van der Waals surface area (Å²) in [6, 6.07) is 7.76. The SMILES string of the molecule is COC(=O)N1CCN(CCCc2ccc(F)c(NC(=O)Nc3ccc(C)nc3)c2)CC1. The Labute approximate surface area is 181 Å². The molecule has 0 atom stereocenters. The zero-order valence-corrected chi connectivity index (χ0v) is 17.9. The minimum atomic E-state index is -0.523. The fourth-order valence-corrected chi connectivity index (χ4v) is 3.44. The van der Waals surface area contributed by atoms with E-state index in [1.165, 1.54) is 13.2 Å². The van der Waals surface area contributed by atoms with Crippen molar-refractivity contribution in [3.05, 3.63) is 53.6 Å². The Morgan fingerprint density at radius 1 is 1.13 bits per heavy atom. The van der Waals surface area contributed by atoms with E-state index in [0.717, 1.165) is 43.7 Å². The largest absolute Gasteiger partial charge is 0.453 e. The van der Waals surface area contributed by atoms with Gasteiger partial charge in [-0.3, -0.25) is 9.88 Å². The fourth-order valence-electron chi connectivity index (χ4n) is 3.44. The molecule has 8 nitrogen and oxygen atoms in total. The number of nitrogens with zero attached hydrogens (tertiary/aromatic N) is 3. The number of pyridine rings is 1. The van der Waals surface area contributed by atoms with Crippen LogP contribution in [-0.2, 0) is 11.2 Å². The van der Waals surface area contributed by atoms with E-state index in [2.05, 4.69) is 20.5 Å². The number of carbonyl (C=O) groups excluding carboxylic acids is 2. The van der Waals surface area contributed by atoms with Crippen LogP contribution in [-0.4, -0.2) is 66.7 Å². The molecule has 0 spiro atoms. The molecule has 9 heteroatoms. The topological polar surface area (TPSA) is 86.8 Å². The van der Waals surface area contributed by atoms with Crippen molar-refractivity contribution in [3.8, 4) is 0 Å². The van der Waals surface area contributed by atoms with Gasteiger partial charge in [0.05, 0.1) is 24.7 Å². The molecule has 1 aromatic heterocycles. The van der Waals surface area contributed by atoms with Crippen LogP contribution in [0.4, 0.5) is 25.4 Å². The number of amides is 3. The van der Waals surface area contributed by atoms with E-state index in [1.807, 2.05) is 6.92 Å². The smallest absolute Gasteiger partial charge is 0.409 e. The zero-order chi connectivity index (χ0) is 22.2. The second kappa shape index (κ2) is 10.7. The summed E-state index contributed by atoms with van der Waals surface area (Å²) >= 11 is 0. The van der Waals surface area contributed by atoms with Crippen molar-refractivity contribution in [1.82, 2.24) is 14.8 Å². The lowest BCUT2D eigenvalue weighted by Gasteiger charge is -2.33. The van der Waals surface area contributed by atoms with Gasteiger partial charge in [-0.05, 0) is 56.1 Å². The average molecular weight is 429 g/mol. The van der Waals surface area contributed by atoms with E-state index in [1.54, 1.807) is 35.4 Å². The Balaban J connectivity index is 1.46. The molecule has 0 aliphatic carbocycles. The van der Waals surface area contributed by atoms with Gasteiger partial charge in [-0.15, -0.1) is 0 Å². The van der Waals surface area contributed by atoms with Gasteiger partial charge in [-0.1, -0.05) is 6.07 Å². The van der Waals surface area contributed by atoms with Crippen LogP contribution in [0.3, 0.4) is 0 Å². The number of ether oxygens (including phenoxy) is 1.